The van der Waals surface area contributed by atoms with Gasteiger partial charge in [-0.15, -0.1) is 0 Å². The van der Waals surface area contributed by atoms with Crippen LogP contribution in [0.1, 0.15) is 15.9 Å². The quantitative estimate of drug-likeness (QED) is 0.695. The first-order valence-electron chi connectivity index (χ1n) is 5.98. The van der Waals surface area contributed by atoms with Crippen LogP contribution >= 0.6 is 0 Å². The van der Waals surface area contributed by atoms with Crippen molar-refractivity contribution in [3.63, 3.8) is 0 Å². The lowest BCUT2D eigenvalue weighted by atomic mass is 9.78. The molecular weight excluding hydrogens is 259 g/mol. The molecule has 0 aliphatic rings. The molecule has 2 aromatic rings. The van der Waals surface area contributed by atoms with Crippen molar-refractivity contribution in [3.8, 4) is 5.75 Å². The van der Waals surface area contributed by atoms with Gasteiger partial charge in [0.1, 0.15) is 12.4 Å². The van der Waals surface area contributed by atoms with Gasteiger partial charge in [-0.25, -0.2) is 4.79 Å². The molecule has 2 aromatic carbocycles. The van der Waals surface area contributed by atoms with Crippen molar-refractivity contribution < 1.29 is 24.7 Å². The third-order valence-electron chi connectivity index (χ3n) is 2.77. The second kappa shape index (κ2) is 6.23. The number of carboxylic acids is 1. The molecule has 0 atom stereocenters. The highest BCUT2D eigenvalue weighted by Gasteiger charge is 2.19. The number of hydrogen-bond acceptors (Lipinski definition) is 4. The van der Waals surface area contributed by atoms with Gasteiger partial charge >= 0.3 is 13.1 Å². The van der Waals surface area contributed by atoms with Crippen LogP contribution in [-0.4, -0.2) is 28.2 Å². The van der Waals surface area contributed by atoms with Gasteiger partial charge in [0, 0.05) is 5.46 Å². The Morgan fingerprint density at radius 2 is 1.80 bits per heavy atom. The SMILES string of the molecule is O=C(O)c1ccc(OCc2ccccc2)c(B(O)O)c1. The zero-order valence-electron chi connectivity index (χ0n) is 10.6. The Kier molecular flexibility index (Phi) is 4.39. The second-order valence-corrected chi connectivity index (χ2v) is 4.21. The smallest absolute Gasteiger partial charge is 0.489 e. The van der Waals surface area contributed by atoms with Gasteiger partial charge in [-0.1, -0.05) is 30.3 Å². The first-order chi connectivity index (χ1) is 9.58. The summed E-state index contributed by atoms with van der Waals surface area (Å²) in [6.07, 6.45) is 0. The summed E-state index contributed by atoms with van der Waals surface area (Å²) >= 11 is 0. The fourth-order valence-electron chi connectivity index (χ4n) is 1.75. The van der Waals surface area contributed by atoms with Crippen molar-refractivity contribution in [3.05, 3.63) is 59.7 Å². The average molecular weight is 272 g/mol. The van der Waals surface area contributed by atoms with Crippen LogP contribution in [0.25, 0.3) is 0 Å². The molecule has 0 amide bonds. The lowest BCUT2D eigenvalue weighted by molar-refractivity contribution is 0.0697. The van der Waals surface area contributed by atoms with E-state index in [-0.39, 0.29) is 23.4 Å². The Labute approximate surface area is 116 Å². The molecule has 0 aliphatic carbocycles. The van der Waals surface area contributed by atoms with E-state index in [0.29, 0.717) is 0 Å². The lowest BCUT2D eigenvalue weighted by Gasteiger charge is -2.12. The van der Waals surface area contributed by atoms with E-state index in [2.05, 4.69) is 0 Å². The maximum atomic E-state index is 10.9. The number of benzene rings is 2. The first kappa shape index (κ1) is 14.1. The second-order valence-electron chi connectivity index (χ2n) is 4.21. The Morgan fingerprint density at radius 1 is 1.10 bits per heavy atom. The molecule has 0 saturated heterocycles. The van der Waals surface area contributed by atoms with Crippen molar-refractivity contribution >= 4 is 18.6 Å². The van der Waals surface area contributed by atoms with E-state index in [4.69, 9.17) is 9.84 Å². The van der Waals surface area contributed by atoms with Crippen LogP contribution in [0.4, 0.5) is 0 Å². The van der Waals surface area contributed by atoms with Gasteiger partial charge in [0.05, 0.1) is 5.56 Å². The molecule has 0 radical (unpaired) electrons. The van der Waals surface area contributed by atoms with E-state index in [1.807, 2.05) is 30.3 Å². The maximum Gasteiger partial charge on any atom is 0.492 e. The van der Waals surface area contributed by atoms with Crippen LogP contribution in [0.5, 0.6) is 5.75 Å². The summed E-state index contributed by atoms with van der Waals surface area (Å²) in [7, 11) is -1.79. The minimum Gasteiger partial charge on any atom is -0.489 e. The Bertz CT molecular complexity index is 598. The molecule has 0 bridgehead atoms. The minimum atomic E-state index is -1.79. The Morgan fingerprint density at radius 3 is 2.40 bits per heavy atom. The van der Waals surface area contributed by atoms with E-state index < -0.39 is 13.1 Å². The van der Waals surface area contributed by atoms with Crippen LogP contribution in [0.2, 0.25) is 0 Å². The van der Waals surface area contributed by atoms with Crippen LogP contribution in [-0.2, 0) is 6.61 Å². The van der Waals surface area contributed by atoms with Gasteiger partial charge < -0.3 is 19.9 Å². The van der Waals surface area contributed by atoms with Crippen molar-refractivity contribution in [2.75, 3.05) is 0 Å². The van der Waals surface area contributed by atoms with Gasteiger partial charge in [0.15, 0.2) is 0 Å². The molecule has 3 N–H and O–H groups in total. The molecule has 5 nitrogen and oxygen atoms in total. The highest BCUT2D eigenvalue weighted by Crippen LogP contribution is 2.13. The van der Waals surface area contributed by atoms with Gasteiger partial charge in [-0.2, -0.15) is 0 Å². The number of ether oxygens (including phenoxy) is 1. The molecular formula is C14H13BO5. The topological polar surface area (TPSA) is 87.0 Å². The summed E-state index contributed by atoms with van der Waals surface area (Å²) in [4.78, 5) is 10.9. The average Bonchev–Trinajstić information content (AvgIpc) is 2.45. The zero-order valence-corrected chi connectivity index (χ0v) is 10.6. The zero-order chi connectivity index (χ0) is 14.5. The molecule has 0 fully saturated rings. The van der Waals surface area contributed by atoms with E-state index >= 15 is 0 Å². The van der Waals surface area contributed by atoms with Crippen molar-refractivity contribution in [2.45, 2.75) is 6.61 Å². The van der Waals surface area contributed by atoms with Crippen molar-refractivity contribution in [1.29, 1.82) is 0 Å². The van der Waals surface area contributed by atoms with Crippen LogP contribution in [0, 0.1) is 0 Å². The van der Waals surface area contributed by atoms with Gasteiger partial charge in [-0.05, 0) is 23.8 Å². The summed E-state index contributed by atoms with van der Waals surface area (Å²) in [5.74, 6) is -0.893. The molecule has 0 unspecified atom stereocenters. The fourth-order valence-corrected chi connectivity index (χ4v) is 1.75. The number of hydrogen-bond donors (Lipinski definition) is 3. The highest BCUT2D eigenvalue weighted by molar-refractivity contribution is 6.59. The molecule has 6 heteroatoms. The Hall–Kier alpha value is -2.31. The third kappa shape index (κ3) is 3.37. The molecule has 2 rings (SSSR count). The molecule has 0 saturated carbocycles. The summed E-state index contributed by atoms with van der Waals surface area (Å²) in [6.45, 7) is 0.257. The third-order valence-corrected chi connectivity index (χ3v) is 2.77. The van der Waals surface area contributed by atoms with Gasteiger partial charge in [-0.3, -0.25) is 0 Å². The fraction of sp³-hybridized carbons (Fsp3) is 0.0714. The van der Waals surface area contributed by atoms with E-state index in [9.17, 15) is 14.8 Å². The predicted octanol–water partition coefficient (Wildman–Crippen LogP) is 0.644. The van der Waals surface area contributed by atoms with Crippen molar-refractivity contribution in [1.82, 2.24) is 0 Å². The van der Waals surface area contributed by atoms with E-state index in [1.165, 1.54) is 18.2 Å². The predicted molar refractivity (Wildman–Crippen MR) is 74.0 cm³/mol. The number of carboxylic acid groups (broad SMARTS) is 1. The largest absolute Gasteiger partial charge is 0.492 e. The summed E-state index contributed by atoms with van der Waals surface area (Å²) in [5.41, 5.74) is 0.925. The van der Waals surface area contributed by atoms with Crippen LogP contribution < -0.4 is 10.2 Å². The van der Waals surface area contributed by atoms with Crippen LogP contribution in [0.15, 0.2) is 48.5 Å². The monoisotopic (exact) mass is 272 g/mol. The van der Waals surface area contributed by atoms with E-state index in [1.54, 1.807) is 0 Å². The molecule has 0 heterocycles. The summed E-state index contributed by atoms with van der Waals surface area (Å²) in [6, 6.07) is 13.3. The normalized spacial score (nSPS) is 10.1. The molecule has 20 heavy (non-hydrogen) atoms. The van der Waals surface area contributed by atoms with Gasteiger partial charge in [0.25, 0.3) is 0 Å². The molecule has 0 spiro atoms. The molecule has 0 aliphatic heterocycles. The van der Waals surface area contributed by atoms with Crippen molar-refractivity contribution in [2.24, 2.45) is 0 Å². The number of carbonyl (C=O) groups is 1. The summed E-state index contributed by atoms with van der Waals surface area (Å²) in [5, 5.41) is 27.5. The Balaban J connectivity index is 2.20. The van der Waals surface area contributed by atoms with E-state index in [0.717, 1.165) is 5.56 Å². The number of aromatic carboxylic acids is 1. The highest BCUT2D eigenvalue weighted by atomic mass is 16.5. The molecule has 0 aromatic heterocycles. The molecule has 102 valence electrons. The van der Waals surface area contributed by atoms with Crippen LogP contribution in [0.3, 0.4) is 0 Å². The minimum absolute atomic E-state index is 0.0276. The lowest BCUT2D eigenvalue weighted by Crippen LogP contribution is -2.32. The maximum absolute atomic E-state index is 10.9. The standard InChI is InChI=1S/C14H13BO5/c16-14(17)11-6-7-13(12(8-11)15(18)19)20-9-10-4-2-1-3-5-10/h1-8,18-19H,9H2,(H,16,17). The van der Waals surface area contributed by atoms with Gasteiger partial charge in [0.2, 0.25) is 0 Å². The summed E-state index contributed by atoms with van der Waals surface area (Å²) < 4.78 is 5.51. The number of rotatable bonds is 5. The first-order valence-corrected chi connectivity index (χ1v) is 5.98.